The fourth-order valence-electron chi connectivity index (χ4n) is 3.26. The first kappa shape index (κ1) is 11.1. The Morgan fingerprint density at radius 3 is 2.47 bits per heavy atom. The van der Waals surface area contributed by atoms with Crippen LogP contribution in [0.1, 0.15) is 0 Å². The molecule has 2 aliphatic rings. The van der Waals surface area contributed by atoms with Crippen molar-refractivity contribution in [2.75, 3.05) is 31.1 Å². The van der Waals surface area contributed by atoms with Crippen LogP contribution in [0.4, 0.5) is 5.69 Å². The van der Waals surface area contributed by atoms with Crippen molar-refractivity contribution in [2.45, 2.75) is 0 Å². The van der Waals surface area contributed by atoms with Crippen LogP contribution in [0.15, 0.2) is 42.7 Å². The highest BCUT2D eigenvalue weighted by atomic mass is 15.3. The van der Waals surface area contributed by atoms with Crippen molar-refractivity contribution >= 4 is 5.69 Å². The van der Waals surface area contributed by atoms with Crippen molar-refractivity contribution in [2.24, 2.45) is 11.8 Å². The van der Waals surface area contributed by atoms with Gasteiger partial charge < -0.3 is 10.2 Å². The number of anilines is 1. The Kier molecular flexibility index (Phi) is 2.55. The van der Waals surface area contributed by atoms with Crippen LogP contribution in [0.3, 0.4) is 0 Å². The van der Waals surface area contributed by atoms with Gasteiger partial charge in [0.05, 0.1) is 23.8 Å². The van der Waals surface area contributed by atoms with Gasteiger partial charge in [0, 0.05) is 26.2 Å². The molecule has 0 spiro atoms. The van der Waals surface area contributed by atoms with E-state index in [-0.39, 0.29) is 0 Å². The second-order valence-electron chi connectivity index (χ2n) is 5.56. The first-order chi connectivity index (χ1) is 9.40. The van der Waals surface area contributed by atoms with Crippen LogP contribution in [0.2, 0.25) is 0 Å². The Labute approximate surface area is 113 Å². The molecule has 2 atom stereocenters. The van der Waals surface area contributed by atoms with Crippen LogP contribution in [0, 0.1) is 11.8 Å². The lowest BCUT2D eigenvalue weighted by Crippen LogP contribution is -2.25. The van der Waals surface area contributed by atoms with Gasteiger partial charge in [0.1, 0.15) is 0 Å². The highest BCUT2D eigenvalue weighted by Gasteiger charge is 2.36. The highest BCUT2D eigenvalue weighted by Crippen LogP contribution is 2.30. The minimum atomic E-state index is 0.820. The number of para-hydroxylation sites is 1. The number of benzene rings is 1. The fraction of sp³-hybridized carbons (Fsp3) is 0.400. The molecule has 1 aromatic carbocycles. The molecule has 2 aromatic rings. The summed E-state index contributed by atoms with van der Waals surface area (Å²) in [5.41, 5.74) is 2.37. The molecule has 0 aliphatic carbocycles. The van der Waals surface area contributed by atoms with Crippen LogP contribution in [-0.4, -0.2) is 36.0 Å². The molecule has 2 unspecified atom stereocenters. The van der Waals surface area contributed by atoms with E-state index in [1.54, 1.807) is 0 Å². The van der Waals surface area contributed by atoms with E-state index in [2.05, 4.69) is 33.6 Å². The second kappa shape index (κ2) is 4.38. The van der Waals surface area contributed by atoms with Crippen molar-refractivity contribution in [3.05, 3.63) is 42.7 Å². The molecule has 0 saturated carbocycles. The van der Waals surface area contributed by atoms with Gasteiger partial charge in [-0.25, -0.2) is 4.68 Å². The first-order valence-electron chi connectivity index (χ1n) is 6.96. The van der Waals surface area contributed by atoms with Gasteiger partial charge >= 0.3 is 0 Å². The van der Waals surface area contributed by atoms with Gasteiger partial charge in [-0.3, -0.25) is 0 Å². The van der Waals surface area contributed by atoms with Gasteiger partial charge in [-0.05, 0) is 24.0 Å². The molecule has 1 N–H and O–H groups in total. The van der Waals surface area contributed by atoms with E-state index in [0.717, 1.165) is 30.6 Å². The van der Waals surface area contributed by atoms with Gasteiger partial charge in [0.15, 0.2) is 0 Å². The number of rotatable bonds is 2. The third-order valence-electron chi connectivity index (χ3n) is 4.34. The summed E-state index contributed by atoms with van der Waals surface area (Å²) in [7, 11) is 0. The van der Waals surface area contributed by atoms with Gasteiger partial charge in [-0.2, -0.15) is 5.10 Å². The zero-order chi connectivity index (χ0) is 12.7. The summed E-state index contributed by atoms with van der Waals surface area (Å²) in [6.45, 7) is 4.68. The molecule has 0 radical (unpaired) electrons. The van der Waals surface area contributed by atoms with Gasteiger partial charge in [-0.15, -0.1) is 0 Å². The Bertz CT molecular complexity index is 551. The predicted molar refractivity (Wildman–Crippen MR) is 75.6 cm³/mol. The third-order valence-corrected chi connectivity index (χ3v) is 4.34. The van der Waals surface area contributed by atoms with Crippen molar-refractivity contribution in [3.8, 4) is 5.69 Å². The predicted octanol–water partition coefficient (Wildman–Crippen LogP) is 1.53. The van der Waals surface area contributed by atoms with E-state index >= 15 is 0 Å². The number of fused-ring (bicyclic) bond motifs is 1. The summed E-state index contributed by atoms with van der Waals surface area (Å²) in [6.07, 6.45) is 4.13. The van der Waals surface area contributed by atoms with Crippen LogP contribution >= 0.6 is 0 Å². The summed E-state index contributed by atoms with van der Waals surface area (Å²) >= 11 is 0. The molecule has 19 heavy (non-hydrogen) atoms. The van der Waals surface area contributed by atoms with E-state index < -0.39 is 0 Å². The maximum Gasteiger partial charge on any atom is 0.0757 e. The third kappa shape index (κ3) is 1.92. The largest absolute Gasteiger partial charge is 0.368 e. The molecule has 0 bridgehead atoms. The zero-order valence-electron chi connectivity index (χ0n) is 10.9. The number of hydrogen-bond acceptors (Lipinski definition) is 3. The first-order valence-corrected chi connectivity index (χ1v) is 6.96. The van der Waals surface area contributed by atoms with E-state index in [0.29, 0.717) is 0 Å². The molecule has 2 aliphatic heterocycles. The van der Waals surface area contributed by atoms with Crippen LogP contribution in [0.5, 0.6) is 0 Å². The van der Waals surface area contributed by atoms with Crippen molar-refractivity contribution < 1.29 is 0 Å². The van der Waals surface area contributed by atoms with Crippen LogP contribution in [-0.2, 0) is 0 Å². The lowest BCUT2D eigenvalue weighted by Gasteiger charge is -2.16. The standard InChI is InChI=1S/C15H18N4/c1-2-4-14(5-3-1)19-11-15(8-17-19)18-9-12-6-16-7-13(12)10-18/h1-5,8,11-13,16H,6-7,9-10H2. The molecule has 1 aromatic heterocycles. The average Bonchev–Trinajstić information content (AvgIpc) is 3.14. The maximum absolute atomic E-state index is 4.48. The van der Waals surface area contributed by atoms with E-state index in [1.807, 2.05) is 29.1 Å². The van der Waals surface area contributed by atoms with Gasteiger partial charge in [0.25, 0.3) is 0 Å². The molecule has 4 heteroatoms. The van der Waals surface area contributed by atoms with E-state index in [4.69, 9.17) is 0 Å². The SMILES string of the molecule is c1ccc(-n2cc(N3CC4CNCC4C3)cn2)cc1. The monoisotopic (exact) mass is 254 g/mol. The smallest absolute Gasteiger partial charge is 0.0757 e. The Morgan fingerprint density at radius 1 is 1.00 bits per heavy atom. The summed E-state index contributed by atoms with van der Waals surface area (Å²) in [4.78, 5) is 2.47. The van der Waals surface area contributed by atoms with Crippen LogP contribution < -0.4 is 10.2 Å². The number of aromatic nitrogens is 2. The summed E-state index contributed by atoms with van der Waals surface area (Å²) in [6, 6.07) is 10.3. The lowest BCUT2D eigenvalue weighted by atomic mass is 10.0. The molecule has 4 nitrogen and oxygen atoms in total. The molecular weight excluding hydrogens is 236 g/mol. The molecule has 0 amide bonds. The normalized spacial score (nSPS) is 25.8. The summed E-state index contributed by atoms with van der Waals surface area (Å²) in [5.74, 6) is 1.64. The highest BCUT2D eigenvalue weighted by molar-refractivity contribution is 5.46. The number of nitrogens with zero attached hydrogens (tertiary/aromatic N) is 3. The van der Waals surface area contributed by atoms with Crippen LogP contribution in [0.25, 0.3) is 5.69 Å². The zero-order valence-corrected chi connectivity index (χ0v) is 10.9. The van der Waals surface area contributed by atoms with Crippen molar-refractivity contribution in [1.82, 2.24) is 15.1 Å². The molecule has 4 rings (SSSR count). The molecule has 2 saturated heterocycles. The second-order valence-corrected chi connectivity index (χ2v) is 5.56. The van der Waals surface area contributed by atoms with Crippen molar-refractivity contribution in [3.63, 3.8) is 0 Å². The lowest BCUT2D eigenvalue weighted by molar-refractivity contribution is 0.533. The Hall–Kier alpha value is -1.81. The minimum Gasteiger partial charge on any atom is -0.368 e. The quantitative estimate of drug-likeness (QED) is 0.882. The Morgan fingerprint density at radius 2 is 1.74 bits per heavy atom. The van der Waals surface area contributed by atoms with Gasteiger partial charge in [-0.1, -0.05) is 18.2 Å². The summed E-state index contributed by atoms with van der Waals surface area (Å²) < 4.78 is 1.96. The molecule has 98 valence electrons. The van der Waals surface area contributed by atoms with E-state index in [9.17, 15) is 0 Å². The Balaban J connectivity index is 1.56. The molecular formula is C15H18N4. The molecule has 3 heterocycles. The fourth-order valence-corrected chi connectivity index (χ4v) is 3.26. The summed E-state index contributed by atoms with van der Waals surface area (Å²) in [5, 5.41) is 7.96. The van der Waals surface area contributed by atoms with E-state index in [1.165, 1.54) is 18.8 Å². The topological polar surface area (TPSA) is 33.1 Å². The number of nitrogens with one attached hydrogen (secondary N) is 1. The van der Waals surface area contributed by atoms with Gasteiger partial charge in [0.2, 0.25) is 0 Å². The maximum atomic E-state index is 4.48. The van der Waals surface area contributed by atoms with Crippen molar-refractivity contribution in [1.29, 1.82) is 0 Å². The average molecular weight is 254 g/mol. The minimum absolute atomic E-state index is 0.820. The molecule has 2 fully saturated rings. The number of hydrogen-bond donors (Lipinski definition) is 1.